The number of aromatic nitrogens is 2. The first kappa shape index (κ1) is 13.8. The third-order valence-corrected chi connectivity index (χ3v) is 3.65. The zero-order chi connectivity index (χ0) is 14.4. The Kier molecular flexibility index (Phi) is 3.25. The van der Waals surface area contributed by atoms with Crippen molar-refractivity contribution in [1.29, 1.82) is 0 Å². The van der Waals surface area contributed by atoms with Gasteiger partial charge in [-0.15, -0.1) is 0 Å². The standard InChI is InChI=1S/C12H14BrFN4O/c1-12(2,10(15)19)5-18-9-4-7(14)6(13)3-8(9)17-11(18)16/h3-4H,5H2,1-2H3,(H2,15,19)(H2,16,17). The molecule has 0 saturated heterocycles. The molecule has 1 amide bonds. The highest BCUT2D eigenvalue weighted by Gasteiger charge is 2.27. The summed E-state index contributed by atoms with van der Waals surface area (Å²) in [4.78, 5) is 15.5. The van der Waals surface area contributed by atoms with Gasteiger partial charge in [-0.05, 0) is 35.8 Å². The Morgan fingerprint density at radius 2 is 2.16 bits per heavy atom. The van der Waals surface area contributed by atoms with Gasteiger partial charge in [0.1, 0.15) is 5.82 Å². The number of anilines is 1. The van der Waals surface area contributed by atoms with E-state index in [0.717, 1.165) is 0 Å². The summed E-state index contributed by atoms with van der Waals surface area (Å²) in [5.41, 5.74) is 11.5. The first-order valence-corrected chi connectivity index (χ1v) is 6.42. The Morgan fingerprint density at radius 3 is 2.74 bits per heavy atom. The molecule has 0 saturated carbocycles. The summed E-state index contributed by atoms with van der Waals surface area (Å²) in [5.74, 6) is -0.640. The summed E-state index contributed by atoms with van der Waals surface area (Å²) in [7, 11) is 0. The average Bonchev–Trinajstić information content (AvgIpc) is 2.56. The fourth-order valence-electron chi connectivity index (χ4n) is 1.78. The first-order chi connectivity index (χ1) is 8.72. The molecule has 102 valence electrons. The third-order valence-electron chi connectivity index (χ3n) is 3.04. The second-order valence-corrected chi connectivity index (χ2v) is 5.91. The van der Waals surface area contributed by atoms with Crippen LogP contribution in [0.4, 0.5) is 10.3 Å². The van der Waals surface area contributed by atoms with Crippen LogP contribution in [0.2, 0.25) is 0 Å². The fraction of sp³-hybridized carbons (Fsp3) is 0.333. The molecule has 1 aromatic heterocycles. The van der Waals surface area contributed by atoms with Crippen molar-refractivity contribution >= 4 is 38.8 Å². The normalized spacial score (nSPS) is 12.0. The van der Waals surface area contributed by atoms with Gasteiger partial charge < -0.3 is 16.0 Å². The zero-order valence-electron chi connectivity index (χ0n) is 10.6. The molecule has 1 heterocycles. The number of carbonyl (C=O) groups is 1. The van der Waals surface area contributed by atoms with Crippen molar-refractivity contribution < 1.29 is 9.18 Å². The van der Waals surface area contributed by atoms with Crippen LogP contribution in [0.1, 0.15) is 13.8 Å². The number of nitrogens with two attached hydrogens (primary N) is 2. The van der Waals surface area contributed by atoms with Gasteiger partial charge in [0.15, 0.2) is 0 Å². The molecular weight excluding hydrogens is 315 g/mol. The third kappa shape index (κ3) is 2.42. The Morgan fingerprint density at radius 1 is 1.53 bits per heavy atom. The van der Waals surface area contributed by atoms with Crippen LogP contribution in [-0.2, 0) is 11.3 Å². The van der Waals surface area contributed by atoms with E-state index in [1.807, 2.05) is 0 Å². The van der Waals surface area contributed by atoms with Gasteiger partial charge in [-0.1, -0.05) is 0 Å². The second-order valence-electron chi connectivity index (χ2n) is 5.06. The summed E-state index contributed by atoms with van der Waals surface area (Å²) < 4.78 is 15.5. The molecule has 0 radical (unpaired) electrons. The number of hydrogen-bond acceptors (Lipinski definition) is 3. The van der Waals surface area contributed by atoms with Gasteiger partial charge in [-0.3, -0.25) is 4.79 Å². The van der Waals surface area contributed by atoms with Crippen LogP contribution < -0.4 is 11.5 Å². The molecule has 0 aliphatic heterocycles. The molecule has 1 aromatic carbocycles. The molecule has 0 fully saturated rings. The van der Waals surface area contributed by atoms with Crippen LogP contribution >= 0.6 is 15.9 Å². The molecule has 0 unspecified atom stereocenters. The monoisotopic (exact) mass is 328 g/mol. The fourth-order valence-corrected chi connectivity index (χ4v) is 2.11. The summed E-state index contributed by atoms with van der Waals surface area (Å²) in [6.07, 6.45) is 0. The van der Waals surface area contributed by atoms with Crippen molar-refractivity contribution in [3.8, 4) is 0 Å². The molecular formula is C12H14BrFN4O. The van der Waals surface area contributed by atoms with Gasteiger partial charge in [0.25, 0.3) is 0 Å². The van der Waals surface area contributed by atoms with Crippen LogP contribution in [-0.4, -0.2) is 15.5 Å². The summed E-state index contributed by atoms with van der Waals surface area (Å²) in [5, 5.41) is 0. The van der Waals surface area contributed by atoms with Crippen LogP contribution in [0.5, 0.6) is 0 Å². The molecule has 0 spiro atoms. The summed E-state index contributed by atoms with van der Waals surface area (Å²) in [6.45, 7) is 3.65. The predicted octanol–water partition coefficient (Wildman–Crippen LogP) is 2.03. The number of carbonyl (C=O) groups excluding carboxylic acids is 1. The molecule has 19 heavy (non-hydrogen) atoms. The molecule has 5 nitrogen and oxygen atoms in total. The van der Waals surface area contributed by atoms with E-state index in [2.05, 4.69) is 20.9 Å². The van der Waals surface area contributed by atoms with Gasteiger partial charge in [-0.2, -0.15) is 0 Å². The van der Waals surface area contributed by atoms with Crippen molar-refractivity contribution in [2.45, 2.75) is 20.4 Å². The van der Waals surface area contributed by atoms with Gasteiger partial charge in [0.2, 0.25) is 11.9 Å². The molecule has 0 aliphatic rings. The number of amides is 1. The van der Waals surface area contributed by atoms with Crippen LogP contribution in [0.25, 0.3) is 11.0 Å². The van der Waals surface area contributed by atoms with Crippen molar-refractivity contribution in [3.05, 3.63) is 22.4 Å². The number of rotatable bonds is 3. The molecule has 0 aliphatic carbocycles. The van der Waals surface area contributed by atoms with E-state index in [0.29, 0.717) is 15.5 Å². The predicted molar refractivity (Wildman–Crippen MR) is 74.8 cm³/mol. The van der Waals surface area contributed by atoms with Crippen molar-refractivity contribution in [3.63, 3.8) is 0 Å². The molecule has 2 rings (SSSR count). The minimum atomic E-state index is -0.800. The number of nitrogens with zero attached hydrogens (tertiary/aromatic N) is 2. The van der Waals surface area contributed by atoms with Gasteiger partial charge in [0, 0.05) is 12.6 Å². The van der Waals surface area contributed by atoms with E-state index >= 15 is 0 Å². The first-order valence-electron chi connectivity index (χ1n) is 5.63. The maximum absolute atomic E-state index is 13.6. The smallest absolute Gasteiger partial charge is 0.224 e. The highest BCUT2D eigenvalue weighted by atomic mass is 79.9. The molecule has 7 heteroatoms. The number of nitrogen functional groups attached to an aromatic ring is 1. The minimum absolute atomic E-state index is 0.224. The highest BCUT2D eigenvalue weighted by Crippen LogP contribution is 2.28. The van der Waals surface area contributed by atoms with E-state index in [-0.39, 0.29) is 12.5 Å². The van der Waals surface area contributed by atoms with E-state index < -0.39 is 17.1 Å². The highest BCUT2D eigenvalue weighted by molar-refractivity contribution is 9.10. The lowest BCUT2D eigenvalue weighted by Gasteiger charge is -2.22. The lowest BCUT2D eigenvalue weighted by molar-refractivity contribution is -0.126. The van der Waals surface area contributed by atoms with Gasteiger partial charge >= 0.3 is 0 Å². The zero-order valence-corrected chi connectivity index (χ0v) is 12.2. The second kappa shape index (κ2) is 4.48. The number of fused-ring (bicyclic) bond motifs is 1. The topological polar surface area (TPSA) is 86.9 Å². The number of halogens is 2. The maximum Gasteiger partial charge on any atom is 0.224 e. The van der Waals surface area contributed by atoms with Crippen LogP contribution in [0.15, 0.2) is 16.6 Å². The SMILES string of the molecule is CC(C)(Cn1c(N)nc2cc(Br)c(F)cc21)C(N)=O. The lowest BCUT2D eigenvalue weighted by atomic mass is 9.92. The molecule has 2 aromatic rings. The summed E-state index contributed by atoms with van der Waals surface area (Å²) >= 11 is 3.10. The van der Waals surface area contributed by atoms with Crippen molar-refractivity contribution in [1.82, 2.24) is 9.55 Å². The quantitative estimate of drug-likeness (QED) is 0.903. The van der Waals surface area contributed by atoms with E-state index in [4.69, 9.17) is 11.5 Å². The van der Waals surface area contributed by atoms with Crippen molar-refractivity contribution in [2.24, 2.45) is 11.1 Å². The number of hydrogen-bond donors (Lipinski definition) is 2. The molecule has 0 atom stereocenters. The minimum Gasteiger partial charge on any atom is -0.369 e. The Bertz CT molecular complexity index is 665. The van der Waals surface area contributed by atoms with E-state index in [1.165, 1.54) is 6.07 Å². The van der Waals surface area contributed by atoms with Gasteiger partial charge in [-0.25, -0.2) is 9.37 Å². The number of primary amides is 1. The largest absolute Gasteiger partial charge is 0.369 e. The molecule has 0 bridgehead atoms. The van der Waals surface area contributed by atoms with Crippen LogP contribution in [0, 0.1) is 11.2 Å². The summed E-state index contributed by atoms with van der Waals surface area (Å²) in [6, 6.07) is 2.88. The Labute approximate surface area is 117 Å². The van der Waals surface area contributed by atoms with Crippen molar-refractivity contribution in [2.75, 3.05) is 5.73 Å². The molecule has 4 N–H and O–H groups in total. The lowest BCUT2D eigenvalue weighted by Crippen LogP contribution is -2.35. The van der Waals surface area contributed by atoms with E-state index in [1.54, 1.807) is 24.5 Å². The number of imidazole rings is 1. The average molecular weight is 329 g/mol. The van der Waals surface area contributed by atoms with Crippen LogP contribution in [0.3, 0.4) is 0 Å². The Hall–Kier alpha value is -1.63. The number of benzene rings is 1. The van der Waals surface area contributed by atoms with Gasteiger partial charge in [0.05, 0.1) is 20.9 Å². The van der Waals surface area contributed by atoms with E-state index in [9.17, 15) is 9.18 Å². The Balaban J connectivity index is 2.58. The maximum atomic E-state index is 13.6.